The van der Waals surface area contributed by atoms with Crippen molar-refractivity contribution in [2.24, 2.45) is 0 Å². The number of hydrogen-bond donors (Lipinski definition) is 5. The van der Waals surface area contributed by atoms with Crippen LogP contribution in [0.1, 0.15) is 46.3 Å². The lowest BCUT2D eigenvalue weighted by Crippen LogP contribution is -2.59. The van der Waals surface area contributed by atoms with Crippen LogP contribution in [-0.2, 0) is 33.3 Å². The van der Waals surface area contributed by atoms with Crippen LogP contribution in [0.5, 0.6) is 0 Å². The molecule has 0 radical (unpaired) electrons. The van der Waals surface area contributed by atoms with Crippen LogP contribution in [0.25, 0.3) is 11.2 Å². The van der Waals surface area contributed by atoms with E-state index in [1.807, 2.05) is 6.08 Å². The molecule has 16 heteroatoms. The molecule has 0 aromatic carbocycles. The van der Waals surface area contributed by atoms with Gasteiger partial charge < -0.3 is 49.1 Å². The number of aliphatic hydroxyl groups is 4. The first kappa shape index (κ1) is 38.5. The standard InChI is InChI=1S/C34H44N4O12/c1-4-5-6-8-12-15-23(40)46-20(2)14-11-9-7-10-13-16-24(41)49-29-21(3)47-34(28(44)27(29)43)50-30-26(42)22(17-39)48-33(30)38-19-37-25-31(38)35-18-36-32(25)45/h6-8,10-16,18-22,26-30,33-34,39,42-44H,4-5,9,17H2,1-3H3,(H,35,36,45)/b8-6-,10-7+,14-11-,15-12+,16-13+/t20?,21?,22-,26?,27?,28?,29-,30?,33-,34+/m1/s1. The minimum atomic E-state index is -1.72. The number of nitrogens with one attached hydrogen (secondary N) is 1. The lowest BCUT2D eigenvalue weighted by atomic mass is 9.99. The number of aromatic nitrogens is 4. The highest BCUT2D eigenvalue weighted by molar-refractivity contribution is 5.83. The van der Waals surface area contributed by atoms with Crippen molar-refractivity contribution in [1.29, 1.82) is 0 Å². The molecule has 0 amide bonds. The van der Waals surface area contributed by atoms with Gasteiger partial charge in [-0.3, -0.25) is 9.36 Å². The maximum absolute atomic E-state index is 12.5. The molecule has 4 heterocycles. The summed E-state index contributed by atoms with van der Waals surface area (Å²) in [6.45, 7) is 4.74. The molecule has 5 N–H and O–H groups in total. The number of hydrogen-bond acceptors (Lipinski definition) is 14. The van der Waals surface area contributed by atoms with Crippen molar-refractivity contribution >= 4 is 23.1 Å². The van der Waals surface area contributed by atoms with Gasteiger partial charge in [-0.05, 0) is 32.8 Å². The fourth-order valence-corrected chi connectivity index (χ4v) is 5.28. The molecule has 50 heavy (non-hydrogen) atoms. The van der Waals surface area contributed by atoms with Gasteiger partial charge in [0.05, 0.1) is 25.4 Å². The smallest absolute Gasteiger partial charge is 0.331 e. The molecule has 2 aromatic rings. The van der Waals surface area contributed by atoms with E-state index in [4.69, 9.17) is 23.7 Å². The van der Waals surface area contributed by atoms with E-state index in [1.165, 1.54) is 36.3 Å². The summed E-state index contributed by atoms with van der Waals surface area (Å²) in [6, 6.07) is 0. The number of aliphatic hydroxyl groups excluding tert-OH is 4. The Morgan fingerprint density at radius 1 is 1.00 bits per heavy atom. The summed E-state index contributed by atoms with van der Waals surface area (Å²) in [4.78, 5) is 47.0. The number of fused-ring (bicyclic) bond motifs is 1. The van der Waals surface area contributed by atoms with Gasteiger partial charge in [0.15, 0.2) is 29.8 Å². The number of imidazole rings is 1. The summed E-state index contributed by atoms with van der Waals surface area (Å²) in [5.74, 6) is -1.24. The number of nitrogens with zero attached hydrogens (tertiary/aromatic N) is 3. The highest BCUT2D eigenvalue weighted by Crippen LogP contribution is 2.36. The zero-order valence-electron chi connectivity index (χ0n) is 27.9. The van der Waals surface area contributed by atoms with E-state index in [-0.39, 0.29) is 11.2 Å². The minimum absolute atomic E-state index is 0.00465. The van der Waals surface area contributed by atoms with Crippen molar-refractivity contribution in [2.45, 2.75) is 101 Å². The molecule has 272 valence electrons. The number of aromatic amines is 1. The highest BCUT2D eigenvalue weighted by Gasteiger charge is 2.51. The van der Waals surface area contributed by atoms with Crippen LogP contribution in [0.2, 0.25) is 0 Å². The van der Waals surface area contributed by atoms with Crippen LogP contribution in [0, 0.1) is 0 Å². The van der Waals surface area contributed by atoms with Crippen molar-refractivity contribution in [3.05, 3.63) is 83.8 Å². The van der Waals surface area contributed by atoms with Crippen LogP contribution in [0.4, 0.5) is 0 Å². The molecule has 4 rings (SSSR count). The lowest BCUT2D eigenvalue weighted by Gasteiger charge is -2.41. The first-order valence-corrected chi connectivity index (χ1v) is 16.3. The topological polar surface area (TPSA) is 225 Å². The molecule has 2 aliphatic rings. The van der Waals surface area contributed by atoms with Crippen molar-refractivity contribution in [3.63, 3.8) is 0 Å². The average molecular weight is 701 g/mol. The van der Waals surface area contributed by atoms with E-state index in [2.05, 4.69) is 21.9 Å². The van der Waals surface area contributed by atoms with Gasteiger partial charge in [-0.2, -0.15) is 0 Å². The van der Waals surface area contributed by atoms with Crippen LogP contribution in [0.3, 0.4) is 0 Å². The summed E-state index contributed by atoms with van der Waals surface area (Å²) in [7, 11) is 0. The third-order valence-electron chi connectivity index (χ3n) is 7.85. The molecule has 2 aliphatic heterocycles. The third-order valence-corrected chi connectivity index (χ3v) is 7.85. The van der Waals surface area contributed by atoms with Gasteiger partial charge in [0.25, 0.3) is 5.56 Å². The number of carbonyl (C=O) groups is 2. The van der Waals surface area contributed by atoms with Crippen LogP contribution in [-0.4, -0.2) is 114 Å². The second-order valence-electron chi connectivity index (χ2n) is 11.7. The summed E-state index contributed by atoms with van der Waals surface area (Å²) in [5.41, 5.74) is -0.378. The summed E-state index contributed by atoms with van der Waals surface area (Å²) < 4.78 is 29.4. The fourth-order valence-electron chi connectivity index (χ4n) is 5.28. The Labute approximate surface area is 288 Å². The van der Waals surface area contributed by atoms with Gasteiger partial charge in [-0.25, -0.2) is 19.6 Å². The largest absolute Gasteiger partial charge is 0.455 e. The third kappa shape index (κ3) is 9.91. The number of unbranched alkanes of at least 4 members (excludes halogenated alkanes) is 1. The zero-order chi connectivity index (χ0) is 36.2. The summed E-state index contributed by atoms with van der Waals surface area (Å²) in [6.07, 6.45) is 8.75. The first-order valence-electron chi connectivity index (χ1n) is 16.3. The average Bonchev–Trinajstić information content (AvgIpc) is 3.66. The van der Waals surface area contributed by atoms with Gasteiger partial charge in [0, 0.05) is 12.2 Å². The second-order valence-corrected chi connectivity index (χ2v) is 11.7. The lowest BCUT2D eigenvalue weighted by molar-refractivity contribution is -0.314. The molecule has 0 aliphatic carbocycles. The monoisotopic (exact) mass is 700 g/mol. The predicted molar refractivity (Wildman–Crippen MR) is 177 cm³/mol. The Hall–Kier alpha value is -4.29. The molecule has 2 saturated heterocycles. The number of allylic oxidation sites excluding steroid dienone is 7. The molecule has 0 spiro atoms. The number of carbonyl (C=O) groups excluding carboxylic acids is 2. The molecule has 16 nitrogen and oxygen atoms in total. The van der Waals surface area contributed by atoms with E-state index < -0.39 is 85.5 Å². The van der Waals surface area contributed by atoms with Crippen molar-refractivity contribution in [3.8, 4) is 0 Å². The molecule has 2 fully saturated rings. The molecule has 0 saturated carbocycles. The summed E-state index contributed by atoms with van der Waals surface area (Å²) >= 11 is 0. The minimum Gasteiger partial charge on any atom is -0.455 e. The van der Waals surface area contributed by atoms with Gasteiger partial charge >= 0.3 is 11.9 Å². The predicted octanol–water partition coefficient (Wildman–Crippen LogP) is 1.04. The number of H-pyrrole nitrogens is 1. The van der Waals surface area contributed by atoms with E-state index in [9.17, 15) is 34.8 Å². The highest BCUT2D eigenvalue weighted by atomic mass is 16.7. The van der Waals surface area contributed by atoms with Gasteiger partial charge in [0.2, 0.25) is 0 Å². The number of rotatable bonds is 15. The molecule has 10 atom stereocenters. The SMILES string of the molecule is CCC/C=C\C=C\C(=O)OC(C)/C=C\C/C=C/C=C/C(=O)O[C@@H]1C(C)O[C@@H](OC2C(O)[C@@H](CO)O[C@H]2n2cnc3c(=O)[nH]cnc32)C(O)C1O. The van der Waals surface area contributed by atoms with E-state index in [0.29, 0.717) is 6.42 Å². The number of ether oxygens (including phenoxy) is 5. The maximum atomic E-state index is 12.5. The van der Waals surface area contributed by atoms with Crippen molar-refractivity contribution < 1.29 is 53.7 Å². The van der Waals surface area contributed by atoms with E-state index in [0.717, 1.165) is 18.9 Å². The van der Waals surface area contributed by atoms with Crippen LogP contribution in [0.15, 0.2) is 78.2 Å². The van der Waals surface area contributed by atoms with Crippen molar-refractivity contribution in [2.75, 3.05) is 6.61 Å². The Balaban J connectivity index is 1.27. The van der Waals surface area contributed by atoms with E-state index >= 15 is 0 Å². The van der Waals surface area contributed by atoms with E-state index in [1.54, 1.807) is 43.4 Å². The number of esters is 2. The molecule has 2 aromatic heterocycles. The zero-order valence-corrected chi connectivity index (χ0v) is 27.9. The Bertz CT molecular complexity index is 1630. The van der Waals surface area contributed by atoms with Crippen LogP contribution >= 0.6 is 0 Å². The first-order chi connectivity index (χ1) is 24.0. The molecular formula is C34H44N4O12. The van der Waals surface area contributed by atoms with Gasteiger partial charge in [-0.1, -0.05) is 55.9 Å². The van der Waals surface area contributed by atoms with Crippen LogP contribution < -0.4 is 5.56 Å². The summed E-state index contributed by atoms with van der Waals surface area (Å²) in [5, 5.41) is 42.4. The molecule has 6 unspecified atom stereocenters. The van der Waals surface area contributed by atoms with Gasteiger partial charge in [0.1, 0.15) is 36.6 Å². The van der Waals surface area contributed by atoms with Gasteiger partial charge in [-0.15, -0.1) is 0 Å². The maximum Gasteiger partial charge on any atom is 0.331 e. The Morgan fingerprint density at radius 3 is 2.48 bits per heavy atom. The Kier molecular flexibility index (Phi) is 14.4. The normalized spacial score (nSPS) is 29.7. The quantitative estimate of drug-likeness (QED) is 0.0758. The molecular weight excluding hydrogens is 656 g/mol. The second kappa shape index (κ2) is 18.6. The fraction of sp³-hybridized carbons (Fsp3) is 0.500. The Morgan fingerprint density at radius 2 is 1.74 bits per heavy atom. The van der Waals surface area contributed by atoms with Crippen molar-refractivity contribution in [1.82, 2.24) is 19.5 Å². The molecule has 0 bridgehead atoms.